The summed E-state index contributed by atoms with van der Waals surface area (Å²) in [5, 5.41) is -0.465. The van der Waals surface area contributed by atoms with Crippen molar-refractivity contribution in [2.45, 2.75) is 26.7 Å². The van der Waals surface area contributed by atoms with Gasteiger partial charge in [-0.3, -0.25) is 19.3 Å². The molecule has 1 aromatic rings. The maximum Gasteiger partial charge on any atom is 0.344 e. The lowest BCUT2D eigenvalue weighted by Crippen LogP contribution is -2.40. The van der Waals surface area contributed by atoms with Gasteiger partial charge >= 0.3 is 5.97 Å². The van der Waals surface area contributed by atoms with Crippen LogP contribution in [0, 0.1) is 0 Å². The zero-order valence-corrected chi connectivity index (χ0v) is 18.9. The predicted octanol–water partition coefficient (Wildman–Crippen LogP) is 2.69. The summed E-state index contributed by atoms with van der Waals surface area (Å²) in [5.41, 5.74) is 0.619. The fraction of sp³-hybridized carbons (Fsp3) is 0.455. The van der Waals surface area contributed by atoms with Crippen molar-refractivity contribution in [1.82, 2.24) is 9.80 Å². The number of rotatable bonds is 9. The zero-order chi connectivity index (χ0) is 23.1. The number of hydrogen-bond acceptors (Lipinski definition) is 8. The van der Waals surface area contributed by atoms with Crippen molar-refractivity contribution in [3.8, 4) is 11.5 Å². The number of imide groups is 1. The van der Waals surface area contributed by atoms with Gasteiger partial charge in [0.25, 0.3) is 11.1 Å². The summed E-state index contributed by atoms with van der Waals surface area (Å²) in [7, 11) is 0. The van der Waals surface area contributed by atoms with Crippen LogP contribution in [-0.4, -0.2) is 72.3 Å². The van der Waals surface area contributed by atoms with E-state index in [1.807, 2.05) is 6.92 Å². The Hall–Kier alpha value is -3.01. The molecule has 10 heteroatoms. The normalized spacial score (nSPS) is 17.2. The van der Waals surface area contributed by atoms with E-state index in [4.69, 9.17) is 14.2 Å². The number of ether oxygens (including phenoxy) is 3. The standard InChI is InChI=1S/C22H26N2O7S/c1-3-29-17-11-15(7-8-16(17)31-14-20(26)30-4-2)12-18-21(27)24(22(28)32-18)13-19(25)23-9-5-6-10-23/h7-8,11-12H,3-6,9-10,13-14H2,1-2H3/b18-12-. The van der Waals surface area contributed by atoms with Crippen molar-refractivity contribution in [2.24, 2.45) is 0 Å². The lowest BCUT2D eigenvalue weighted by atomic mass is 10.2. The van der Waals surface area contributed by atoms with Crippen molar-refractivity contribution in [2.75, 3.05) is 39.5 Å². The molecule has 2 heterocycles. The van der Waals surface area contributed by atoms with Crippen LogP contribution in [0.25, 0.3) is 6.08 Å². The fourth-order valence-corrected chi connectivity index (χ4v) is 4.17. The van der Waals surface area contributed by atoms with Gasteiger partial charge in [0.05, 0.1) is 18.1 Å². The average Bonchev–Trinajstić information content (AvgIpc) is 3.39. The molecule has 0 saturated carbocycles. The Balaban J connectivity index is 1.71. The Bertz CT molecular complexity index is 925. The van der Waals surface area contributed by atoms with Crippen LogP contribution in [0.1, 0.15) is 32.3 Å². The van der Waals surface area contributed by atoms with Gasteiger partial charge < -0.3 is 19.1 Å². The van der Waals surface area contributed by atoms with Crippen LogP contribution in [0.3, 0.4) is 0 Å². The second-order valence-electron chi connectivity index (χ2n) is 7.09. The summed E-state index contributed by atoms with van der Waals surface area (Å²) in [6.45, 7) is 4.98. The number of likely N-dealkylation sites (tertiary alicyclic amines) is 1. The maximum atomic E-state index is 12.7. The number of esters is 1. The summed E-state index contributed by atoms with van der Waals surface area (Å²) in [4.78, 5) is 51.8. The van der Waals surface area contributed by atoms with Crippen LogP contribution in [0.2, 0.25) is 0 Å². The second kappa shape index (κ2) is 11.0. The Morgan fingerprint density at radius 1 is 1.06 bits per heavy atom. The molecule has 0 spiro atoms. The third-order valence-electron chi connectivity index (χ3n) is 4.84. The molecule has 0 aromatic heterocycles. The molecule has 1 aromatic carbocycles. The highest BCUT2D eigenvalue weighted by atomic mass is 32.2. The van der Waals surface area contributed by atoms with Crippen molar-refractivity contribution in [1.29, 1.82) is 0 Å². The Morgan fingerprint density at radius 2 is 1.81 bits per heavy atom. The lowest BCUT2D eigenvalue weighted by molar-refractivity contribution is -0.145. The SMILES string of the molecule is CCOC(=O)COc1ccc(/C=C2\SC(=O)N(CC(=O)N3CCCC3)C2=O)cc1OCC. The molecule has 0 bridgehead atoms. The van der Waals surface area contributed by atoms with Crippen LogP contribution in [0.4, 0.5) is 4.79 Å². The number of nitrogens with zero attached hydrogens (tertiary/aromatic N) is 2. The summed E-state index contributed by atoms with van der Waals surface area (Å²) in [5.74, 6) is -0.438. The van der Waals surface area contributed by atoms with Crippen molar-refractivity contribution in [3.63, 3.8) is 0 Å². The van der Waals surface area contributed by atoms with E-state index in [1.165, 1.54) is 0 Å². The Kier molecular flexibility index (Phi) is 8.15. The number of carbonyl (C=O) groups is 4. The molecule has 9 nitrogen and oxygen atoms in total. The third-order valence-corrected chi connectivity index (χ3v) is 5.75. The summed E-state index contributed by atoms with van der Waals surface area (Å²) in [6, 6.07) is 4.97. The summed E-state index contributed by atoms with van der Waals surface area (Å²) < 4.78 is 15.9. The van der Waals surface area contributed by atoms with Gasteiger partial charge in [0.2, 0.25) is 5.91 Å². The first kappa shape index (κ1) is 23.6. The predicted molar refractivity (Wildman–Crippen MR) is 118 cm³/mol. The van der Waals surface area contributed by atoms with Crippen molar-refractivity contribution < 1.29 is 33.4 Å². The summed E-state index contributed by atoms with van der Waals surface area (Å²) >= 11 is 0.799. The van der Waals surface area contributed by atoms with Crippen LogP contribution in [0.15, 0.2) is 23.1 Å². The van der Waals surface area contributed by atoms with Gasteiger partial charge in [-0.15, -0.1) is 0 Å². The zero-order valence-electron chi connectivity index (χ0n) is 18.1. The van der Waals surface area contributed by atoms with Crippen LogP contribution < -0.4 is 9.47 Å². The molecule has 2 aliphatic heterocycles. The number of benzene rings is 1. The van der Waals surface area contributed by atoms with E-state index in [0.717, 1.165) is 29.5 Å². The molecule has 172 valence electrons. The van der Waals surface area contributed by atoms with E-state index >= 15 is 0 Å². The lowest BCUT2D eigenvalue weighted by Gasteiger charge is -2.18. The minimum atomic E-state index is -0.492. The highest BCUT2D eigenvalue weighted by Gasteiger charge is 2.37. The van der Waals surface area contributed by atoms with Gasteiger partial charge in [0, 0.05) is 13.1 Å². The highest BCUT2D eigenvalue weighted by molar-refractivity contribution is 8.18. The first-order valence-corrected chi connectivity index (χ1v) is 11.3. The van der Waals surface area contributed by atoms with Gasteiger partial charge in [-0.1, -0.05) is 6.07 Å². The van der Waals surface area contributed by atoms with Crippen LogP contribution in [-0.2, 0) is 19.1 Å². The maximum absolute atomic E-state index is 12.7. The van der Waals surface area contributed by atoms with Crippen molar-refractivity contribution in [3.05, 3.63) is 28.7 Å². The molecule has 2 fully saturated rings. The monoisotopic (exact) mass is 462 g/mol. The molecule has 3 rings (SSSR count). The average molecular weight is 463 g/mol. The highest BCUT2D eigenvalue weighted by Crippen LogP contribution is 2.34. The van der Waals surface area contributed by atoms with E-state index < -0.39 is 17.1 Å². The molecule has 2 aliphatic rings. The van der Waals surface area contributed by atoms with Crippen LogP contribution >= 0.6 is 11.8 Å². The quantitative estimate of drug-likeness (QED) is 0.408. The first-order chi connectivity index (χ1) is 15.4. The van der Waals surface area contributed by atoms with Gasteiger partial charge in [-0.05, 0) is 62.2 Å². The van der Waals surface area contributed by atoms with Gasteiger partial charge in [0.15, 0.2) is 18.1 Å². The Labute approximate surface area is 190 Å². The largest absolute Gasteiger partial charge is 0.490 e. The fourth-order valence-electron chi connectivity index (χ4n) is 3.33. The molecule has 0 unspecified atom stereocenters. The molecule has 0 aliphatic carbocycles. The number of hydrogen-bond donors (Lipinski definition) is 0. The minimum absolute atomic E-state index is 0.215. The number of carbonyl (C=O) groups excluding carboxylic acids is 4. The second-order valence-corrected chi connectivity index (χ2v) is 8.08. The van der Waals surface area contributed by atoms with E-state index in [2.05, 4.69) is 0 Å². The van der Waals surface area contributed by atoms with E-state index in [-0.39, 0.29) is 30.6 Å². The van der Waals surface area contributed by atoms with Gasteiger partial charge in [0.1, 0.15) is 6.54 Å². The molecular formula is C22H26N2O7S. The molecular weight excluding hydrogens is 436 g/mol. The minimum Gasteiger partial charge on any atom is -0.490 e. The number of thioether (sulfide) groups is 1. The third kappa shape index (κ3) is 5.82. The van der Waals surface area contributed by atoms with Crippen molar-refractivity contribution >= 4 is 40.9 Å². The van der Waals surface area contributed by atoms with E-state index in [9.17, 15) is 19.2 Å². The van der Waals surface area contributed by atoms with Gasteiger partial charge in [-0.2, -0.15) is 0 Å². The smallest absolute Gasteiger partial charge is 0.344 e. The topological polar surface area (TPSA) is 102 Å². The van der Waals surface area contributed by atoms with E-state index in [0.29, 0.717) is 36.8 Å². The molecule has 0 radical (unpaired) electrons. The number of amides is 3. The molecule has 3 amide bonds. The molecule has 0 atom stereocenters. The molecule has 32 heavy (non-hydrogen) atoms. The molecule has 0 N–H and O–H groups in total. The summed E-state index contributed by atoms with van der Waals surface area (Å²) in [6.07, 6.45) is 3.45. The molecule has 2 saturated heterocycles. The first-order valence-electron chi connectivity index (χ1n) is 10.5. The Morgan fingerprint density at radius 3 is 2.50 bits per heavy atom. The van der Waals surface area contributed by atoms with Gasteiger partial charge in [-0.25, -0.2) is 4.79 Å². The van der Waals surface area contributed by atoms with Crippen LogP contribution in [0.5, 0.6) is 11.5 Å². The van der Waals surface area contributed by atoms with E-state index in [1.54, 1.807) is 36.1 Å².